The highest BCUT2D eigenvalue weighted by molar-refractivity contribution is 5.36. The highest BCUT2D eigenvalue weighted by atomic mass is 16.5. The molecule has 2 heteroatoms. The van der Waals surface area contributed by atoms with Gasteiger partial charge in [-0.05, 0) is 50.4 Å². The third-order valence-corrected chi connectivity index (χ3v) is 3.63. The van der Waals surface area contributed by atoms with Crippen molar-refractivity contribution in [2.24, 2.45) is 0 Å². The van der Waals surface area contributed by atoms with Crippen molar-refractivity contribution in [1.82, 2.24) is 5.32 Å². The summed E-state index contributed by atoms with van der Waals surface area (Å²) in [6.07, 6.45) is 2.69. The van der Waals surface area contributed by atoms with Crippen LogP contribution < -0.4 is 5.32 Å². The molecule has 1 aliphatic rings. The molecule has 1 saturated heterocycles. The highest BCUT2D eigenvalue weighted by Crippen LogP contribution is 2.29. The molecule has 0 spiro atoms. The molecule has 0 bridgehead atoms. The third kappa shape index (κ3) is 2.13. The van der Waals surface area contributed by atoms with Gasteiger partial charge in [0, 0.05) is 6.61 Å². The van der Waals surface area contributed by atoms with Crippen LogP contribution in [0.15, 0.2) is 18.2 Å². The van der Waals surface area contributed by atoms with Gasteiger partial charge in [0.1, 0.15) is 0 Å². The average molecular weight is 219 g/mol. The lowest BCUT2D eigenvalue weighted by Gasteiger charge is -2.25. The fourth-order valence-corrected chi connectivity index (χ4v) is 2.52. The summed E-state index contributed by atoms with van der Waals surface area (Å²) in [6.45, 7) is 5.28. The van der Waals surface area contributed by atoms with Crippen LogP contribution in [-0.2, 0) is 4.74 Å². The molecule has 0 radical (unpaired) electrons. The zero-order chi connectivity index (χ0) is 11.5. The van der Waals surface area contributed by atoms with Crippen LogP contribution in [0.5, 0.6) is 0 Å². The number of benzene rings is 1. The second-order valence-corrected chi connectivity index (χ2v) is 4.61. The molecule has 0 aliphatic carbocycles. The molecule has 16 heavy (non-hydrogen) atoms. The summed E-state index contributed by atoms with van der Waals surface area (Å²) in [5, 5.41) is 3.40. The van der Waals surface area contributed by atoms with E-state index < -0.39 is 0 Å². The van der Waals surface area contributed by atoms with Crippen LogP contribution in [0.25, 0.3) is 0 Å². The molecule has 1 fully saturated rings. The van der Waals surface area contributed by atoms with Gasteiger partial charge in [0.25, 0.3) is 0 Å². The number of nitrogens with one attached hydrogen (secondary N) is 1. The van der Waals surface area contributed by atoms with Crippen molar-refractivity contribution in [2.45, 2.75) is 38.8 Å². The lowest BCUT2D eigenvalue weighted by Crippen LogP contribution is -2.29. The van der Waals surface area contributed by atoms with E-state index >= 15 is 0 Å². The number of likely N-dealkylation sites (N-methyl/N-ethyl adjacent to an activating group) is 1. The number of aryl methyl sites for hydroxylation is 1. The topological polar surface area (TPSA) is 21.3 Å². The first-order valence-corrected chi connectivity index (χ1v) is 6.09. The molecule has 0 amide bonds. The Morgan fingerprint density at radius 1 is 1.38 bits per heavy atom. The van der Waals surface area contributed by atoms with E-state index in [4.69, 9.17) is 4.74 Å². The Hall–Kier alpha value is -0.860. The third-order valence-electron chi connectivity index (χ3n) is 3.63. The van der Waals surface area contributed by atoms with E-state index in [1.54, 1.807) is 0 Å². The van der Waals surface area contributed by atoms with Gasteiger partial charge in [-0.1, -0.05) is 18.2 Å². The Morgan fingerprint density at radius 3 is 2.81 bits per heavy atom. The van der Waals surface area contributed by atoms with Crippen molar-refractivity contribution in [3.05, 3.63) is 34.9 Å². The second kappa shape index (κ2) is 4.98. The Bertz CT molecular complexity index is 356. The molecule has 2 unspecified atom stereocenters. The van der Waals surface area contributed by atoms with E-state index in [1.165, 1.54) is 29.5 Å². The first kappa shape index (κ1) is 11.6. The Balaban J connectivity index is 2.28. The van der Waals surface area contributed by atoms with Crippen LogP contribution in [0.2, 0.25) is 0 Å². The molecule has 1 heterocycles. The Morgan fingerprint density at radius 2 is 2.19 bits per heavy atom. The standard InChI is InChI=1S/C14H21NO/c1-10-6-4-7-12(11(10)2)14(15-3)13-8-5-9-16-13/h4,6-7,13-15H,5,8-9H2,1-3H3. The smallest absolute Gasteiger partial charge is 0.0770 e. The van der Waals surface area contributed by atoms with Gasteiger partial charge >= 0.3 is 0 Å². The van der Waals surface area contributed by atoms with Gasteiger partial charge in [-0.3, -0.25) is 0 Å². The molecule has 1 aliphatic heterocycles. The molecule has 1 aromatic rings. The van der Waals surface area contributed by atoms with Gasteiger partial charge in [0.2, 0.25) is 0 Å². The van der Waals surface area contributed by atoms with E-state index in [-0.39, 0.29) is 0 Å². The highest BCUT2D eigenvalue weighted by Gasteiger charge is 2.27. The molecule has 2 atom stereocenters. The van der Waals surface area contributed by atoms with Gasteiger partial charge < -0.3 is 10.1 Å². The first-order valence-electron chi connectivity index (χ1n) is 6.09. The van der Waals surface area contributed by atoms with Crippen molar-refractivity contribution >= 4 is 0 Å². The maximum absolute atomic E-state index is 5.79. The molecule has 2 nitrogen and oxygen atoms in total. The molecular weight excluding hydrogens is 198 g/mol. The maximum atomic E-state index is 5.79. The molecule has 0 aromatic heterocycles. The van der Waals surface area contributed by atoms with Crippen LogP contribution in [0.4, 0.5) is 0 Å². The zero-order valence-corrected chi connectivity index (χ0v) is 10.4. The van der Waals surface area contributed by atoms with Gasteiger partial charge in [-0.15, -0.1) is 0 Å². The lowest BCUT2D eigenvalue weighted by atomic mass is 9.93. The fourth-order valence-electron chi connectivity index (χ4n) is 2.52. The largest absolute Gasteiger partial charge is 0.376 e. The van der Waals surface area contributed by atoms with Crippen molar-refractivity contribution in [3.63, 3.8) is 0 Å². The molecular formula is C14H21NO. The van der Waals surface area contributed by atoms with Crippen LogP contribution in [0.3, 0.4) is 0 Å². The number of rotatable bonds is 3. The summed E-state index contributed by atoms with van der Waals surface area (Å²) in [7, 11) is 2.02. The van der Waals surface area contributed by atoms with Crippen molar-refractivity contribution in [1.29, 1.82) is 0 Å². The first-order chi connectivity index (χ1) is 7.74. The van der Waals surface area contributed by atoms with Crippen molar-refractivity contribution in [2.75, 3.05) is 13.7 Å². The van der Waals surface area contributed by atoms with Gasteiger partial charge in [-0.2, -0.15) is 0 Å². The summed E-state index contributed by atoms with van der Waals surface area (Å²) in [5.74, 6) is 0. The minimum Gasteiger partial charge on any atom is -0.376 e. The van der Waals surface area contributed by atoms with Crippen molar-refractivity contribution in [3.8, 4) is 0 Å². The van der Waals surface area contributed by atoms with Gasteiger partial charge in [0.05, 0.1) is 12.1 Å². The lowest BCUT2D eigenvalue weighted by molar-refractivity contribution is 0.0805. The minimum absolute atomic E-state index is 0.336. The summed E-state index contributed by atoms with van der Waals surface area (Å²) in [4.78, 5) is 0. The van der Waals surface area contributed by atoms with Gasteiger partial charge in [0.15, 0.2) is 0 Å². The second-order valence-electron chi connectivity index (χ2n) is 4.61. The summed E-state index contributed by atoms with van der Waals surface area (Å²) >= 11 is 0. The van der Waals surface area contributed by atoms with Crippen LogP contribution in [-0.4, -0.2) is 19.8 Å². The zero-order valence-electron chi connectivity index (χ0n) is 10.4. The predicted octanol–water partition coefficient (Wildman–Crippen LogP) is 2.74. The monoisotopic (exact) mass is 219 g/mol. The van der Waals surface area contributed by atoms with Gasteiger partial charge in [-0.25, -0.2) is 0 Å². The molecule has 88 valence electrons. The average Bonchev–Trinajstić information content (AvgIpc) is 2.79. The van der Waals surface area contributed by atoms with E-state index in [1.807, 2.05) is 7.05 Å². The molecule has 0 saturated carbocycles. The minimum atomic E-state index is 0.336. The Kier molecular flexibility index (Phi) is 3.62. The van der Waals surface area contributed by atoms with Crippen LogP contribution >= 0.6 is 0 Å². The number of ether oxygens (including phenoxy) is 1. The number of hydrogen-bond acceptors (Lipinski definition) is 2. The molecule has 1 aromatic carbocycles. The molecule has 1 N–H and O–H groups in total. The number of hydrogen-bond donors (Lipinski definition) is 1. The van der Waals surface area contributed by atoms with E-state index in [9.17, 15) is 0 Å². The maximum Gasteiger partial charge on any atom is 0.0770 e. The fraction of sp³-hybridized carbons (Fsp3) is 0.571. The van der Waals surface area contributed by atoms with Crippen LogP contribution in [0.1, 0.15) is 35.6 Å². The van der Waals surface area contributed by atoms with E-state index in [0.717, 1.165) is 6.61 Å². The van der Waals surface area contributed by atoms with Crippen molar-refractivity contribution < 1.29 is 4.74 Å². The Labute approximate surface area is 98.0 Å². The quantitative estimate of drug-likeness (QED) is 0.844. The van der Waals surface area contributed by atoms with E-state index in [2.05, 4.69) is 37.4 Å². The predicted molar refractivity (Wildman–Crippen MR) is 66.7 cm³/mol. The normalized spacial score (nSPS) is 22.3. The van der Waals surface area contributed by atoms with E-state index in [0.29, 0.717) is 12.1 Å². The summed E-state index contributed by atoms with van der Waals surface area (Å²) in [5.41, 5.74) is 4.13. The summed E-state index contributed by atoms with van der Waals surface area (Å²) < 4.78 is 5.79. The molecule has 2 rings (SSSR count). The SMILES string of the molecule is CNC(c1cccc(C)c1C)C1CCCO1. The summed E-state index contributed by atoms with van der Waals surface area (Å²) in [6, 6.07) is 6.85. The van der Waals surface area contributed by atoms with Crippen LogP contribution in [0, 0.1) is 13.8 Å².